The van der Waals surface area contributed by atoms with Crippen LogP contribution in [0.2, 0.25) is 0 Å². The van der Waals surface area contributed by atoms with E-state index in [1.807, 2.05) is 13.8 Å². The Balaban J connectivity index is 1.72. The van der Waals surface area contributed by atoms with Crippen LogP contribution in [0.25, 0.3) is 6.08 Å². The van der Waals surface area contributed by atoms with Gasteiger partial charge in [0.1, 0.15) is 12.3 Å². The number of amides is 3. The average molecular weight is 535 g/mol. The number of nitrogens with zero attached hydrogens (tertiary/aromatic N) is 1. The number of carbonyl (C=O) groups is 3. The zero-order valence-electron chi connectivity index (χ0n) is 18.3. The van der Waals surface area contributed by atoms with E-state index in [9.17, 15) is 14.4 Å². The van der Waals surface area contributed by atoms with Crippen molar-refractivity contribution in [3.63, 3.8) is 0 Å². The number of methoxy groups -OCH3 is 1. The summed E-state index contributed by atoms with van der Waals surface area (Å²) in [6.45, 7) is 4.33. The van der Waals surface area contributed by atoms with Gasteiger partial charge in [-0.05, 0) is 73.6 Å². The van der Waals surface area contributed by atoms with Crippen LogP contribution in [-0.2, 0) is 9.59 Å². The molecule has 3 rings (SSSR count). The van der Waals surface area contributed by atoms with Crippen LogP contribution in [0.5, 0.6) is 17.2 Å². The van der Waals surface area contributed by atoms with Gasteiger partial charge in [0.05, 0.1) is 25.2 Å². The molecule has 1 aliphatic rings. The zero-order valence-corrected chi connectivity index (χ0v) is 20.7. The van der Waals surface area contributed by atoms with Gasteiger partial charge < -0.3 is 19.5 Å². The van der Waals surface area contributed by atoms with Crippen LogP contribution in [0.3, 0.4) is 0 Å². The minimum atomic E-state index is -0.535. The minimum absolute atomic E-state index is 0.210. The maximum Gasteiger partial charge on any atom is 0.294 e. The molecule has 0 radical (unpaired) electrons. The maximum atomic E-state index is 12.8. The number of halogens is 1. The van der Waals surface area contributed by atoms with Crippen LogP contribution < -0.4 is 19.5 Å². The molecule has 0 bridgehead atoms. The summed E-state index contributed by atoms with van der Waals surface area (Å²) in [6.07, 6.45) is 1.58. The summed E-state index contributed by atoms with van der Waals surface area (Å²) in [5, 5.41) is 2.17. The Morgan fingerprint density at radius 2 is 1.79 bits per heavy atom. The van der Waals surface area contributed by atoms with Crippen molar-refractivity contribution in [2.45, 2.75) is 13.8 Å². The normalized spacial score (nSPS) is 14.5. The lowest BCUT2D eigenvalue weighted by molar-refractivity contribution is -0.127. The molecule has 0 aliphatic carbocycles. The van der Waals surface area contributed by atoms with E-state index in [0.717, 1.165) is 16.7 Å². The van der Waals surface area contributed by atoms with Crippen molar-refractivity contribution in [3.8, 4) is 17.2 Å². The van der Waals surface area contributed by atoms with Crippen molar-refractivity contribution in [1.82, 2.24) is 4.90 Å². The van der Waals surface area contributed by atoms with E-state index >= 15 is 0 Å². The summed E-state index contributed by atoms with van der Waals surface area (Å²) in [5.41, 5.74) is 1.18. The summed E-state index contributed by atoms with van der Waals surface area (Å²) in [4.78, 5) is 38.8. The fourth-order valence-electron chi connectivity index (χ4n) is 3.01. The SMILES string of the molecule is CCOc1ccc(NC(=O)CN2C(=O)S/C(=C/c3cc(OCC)c(OC)cc3Br)C2=O)cc1. The highest BCUT2D eigenvalue weighted by atomic mass is 79.9. The topological polar surface area (TPSA) is 94.2 Å². The Labute approximate surface area is 204 Å². The molecule has 33 heavy (non-hydrogen) atoms. The summed E-state index contributed by atoms with van der Waals surface area (Å²) in [5.74, 6) is 0.728. The van der Waals surface area contributed by atoms with Gasteiger partial charge in [-0.25, -0.2) is 0 Å². The molecule has 3 amide bonds. The number of hydrogen-bond acceptors (Lipinski definition) is 7. The lowest BCUT2D eigenvalue weighted by Gasteiger charge is -2.13. The quantitative estimate of drug-likeness (QED) is 0.455. The molecule has 1 fully saturated rings. The minimum Gasteiger partial charge on any atom is -0.494 e. The Morgan fingerprint density at radius 1 is 1.09 bits per heavy atom. The molecule has 174 valence electrons. The van der Waals surface area contributed by atoms with Gasteiger partial charge in [0.25, 0.3) is 11.1 Å². The Bertz CT molecular complexity index is 1090. The highest BCUT2D eigenvalue weighted by molar-refractivity contribution is 9.10. The number of nitrogens with one attached hydrogen (secondary N) is 1. The molecule has 2 aromatic carbocycles. The molecule has 0 atom stereocenters. The molecule has 1 heterocycles. The van der Waals surface area contributed by atoms with Crippen molar-refractivity contribution in [2.75, 3.05) is 32.2 Å². The number of benzene rings is 2. The maximum absolute atomic E-state index is 12.8. The van der Waals surface area contributed by atoms with Crippen molar-refractivity contribution in [3.05, 3.63) is 51.3 Å². The van der Waals surface area contributed by atoms with E-state index in [2.05, 4.69) is 21.2 Å². The largest absolute Gasteiger partial charge is 0.494 e. The highest BCUT2D eigenvalue weighted by Gasteiger charge is 2.36. The van der Waals surface area contributed by atoms with Crippen molar-refractivity contribution >= 4 is 56.5 Å². The molecular weight excluding hydrogens is 512 g/mol. The fourth-order valence-corrected chi connectivity index (χ4v) is 4.28. The first-order chi connectivity index (χ1) is 15.9. The predicted octanol–water partition coefficient (Wildman–Crippen LogP) is 4.93. The van der Waals surface area contributed by atoms with Gasteiger partial charge >= 0.3 is 0 Å². The van der Waals surface area contributed by atoms with Gasteiger partial charge in [-0.2, -0.15) is 0 Å². The van der Waals surface area contributed by atoms with E-state index in [1.165, 1.54) is 7.11 Å². The van der Waals surface area contributed by atoms with Gasteiger partial charge in [0, 0.05) is 10.2 Å². The van der Waals surface area contributed by atoms with Crippen LogP contribution in [0.1, 0.15) is 19.4 Å². The van der Waals surface area contributed by atoms with Crippen LogP contribution >= 0.6 is 27.7 Å². The number of anilines is 1. The first-order valence-corrected chi connectivity index (χ1v) is 11.8. The molecule has 0 unspecified atom stereocenters. The molecule has 0 spiro atoms. The van der Waals surface area contributed by atoms with Gasteiger partial charge in [-0.15, -0.1) is 0 Å². The first kappa shape index (κ1) is 24.7. The number of thioether (sulfide) groups is 1. The van der Waals surface area contributed by atoms with E-state index in [4.69, 9.17) is 14.2 Å². The summed E-state index contributed by atoms with van der Waals surface area (Å²) in [6, 6.07) is 10.3. The Hall–Kier alpha value is -2.98. The summed E-state index contributed by atoms with van der Waals surface area (Å²) >= 11 is 4.23. The van der Waals surface area contributed by atoms with E-state index in [1.54, 1.807) is 42.5 Å². The molecule has 8 nitrogen and oxygen atoms in total. The number of rotatable bonds is 9. The molecule has 2 aromatic rings. The molecular formula is C23H23BrN2O6S. The smallest absolute Gasteiger partial charge is 0.294 e. The third kappa shape index (κ3) is 6.08. The van der Waals surface area contributed by atoms with Crippen LogP contribution in [0.15, 0.2) is 45.8 Å². The standard InChI is InChI=1S/C23H23BrN2O6S/c1-4-31-16-8-6-15(7-9-16)25-21(27)13-26-22(28)20(33-23(26)29)11-14-10-19(32-5-2)18(30-3)12-17(14)24/h6-12H,4-5,13H2,1-3H3,(H,25,27)/b20-11+. The van der Waals surface area contributed by atoms with Crippen molar-refractivity contribution in [1.29, 1.82) is 0 Å². The van der Waals surface area contributed by atoms with Gasteiger partial charge in [-0.1, -0.05) is 15.9 Å². The fraction of sp³-hybridized carbons (Fsp3) is 0.261. The molecule has 1 saturated heterocycles. The third-order valence-corrected chi connectivity index (χ3v) is 6.09. The van der Waals surface area contributed by atoms with Crippen molar-refractivity contribution < 1.29 is 28.6 Å². The number of carbonyl (C=O) groups excluding carboxylic acids is 3. The van der Waals surface area contributed by atoms with Crippen LogP contribution in [-0.4, -0.2) is 48.8 Å². The van der Waals surface area contributed by atoms with Gasteiger partial charge in [0.2, 0.25) is 5.91 Å². The predicted molar refractivity (Wildman–Crippen MR) is 131 cm³/mol. The monoisotopic (exact) mass is 534 g/mol. The number of hydrogen-bond donors (Lipinski definition) is 1. The second kappa shape index (κ2) is 11.2. The second-order valence-electron chi connectivity index (χ2n) is 6.73. The average Bonchev–Trinajstić information content (AvgIpc) is 3.04. The van der Waals surface area contributed by atoms with E-state index in [-0.39, 0.29) is 11.4 Å². The summed E-state index contributed by atoms with van der Waals surface area (Å²) < 4.78 is 16.9. The second-order valence-corrected chi connectivity index (χ2v) is 8.58. The lowest BCUT2D eigenvalue weighted by atomic mass is 10.2. The molecule has 0 aromatic heterocycles. The molecule has 0 saturated carbocycles. The van der Waals surface area contributed by atoms with Crippen molar-refractivity contribution in [2.24, 2.45) is 0 Å². The Morgan fingerprint density at radius 3 is 2.42 bits per heavy atom. The van der Waals surface area contributed by atoms with Gasteiger partial charge in [0.15, 0.2) is 11.5 Å². The zero-order chi connectivity index (χ0) is 24.0. The molecule has 1 N–H and O–H groups in total. The summed E-state index contributed by atoms with van der Waals surface area (Å²) in [7, 11) is 1.54. The van der Waals surface area contributed by atoms with E-state index in [0.29, 0.717) is 46.2 Å². The van der Waals surface area contributed by atoms with E-state index < -0.39 is 17.1 Å². The molecule has 10 heteroatoms. The molecule has 1 aliphatic heterocycles. The van der Waals surface area contributed by atoms with Crippen LogP contribution in [0.4, 0.5) is 10.5 Å². The number of imide groups is 1. The highest BCUT2D eigenvalue weighted by Crippen LogP contribution is 2.38. The van der Waals surface area contributed by atoms with Gasteiger partial charge in [-0.3, -0.25) is 19.3 Å². The first-order valence-electron chi connectivity index (χ1n) is 10.1. The Kier molecular flexibility index (Phi) is 8.40. The van der Waals surface area contributed by atoms with Crippen LogP contribution in [0, 0.1) is 0 Å². The lowest BCUT2D eigenvalue weighted by Crippen LogP contribution is -2.36. The third-order valence-electron chi connectivity index (χ3n) is 4.49. The number of ether oxygens (including phenoxy) is 3.